The molecule has 1 aromatic carbocycles. The molecule has 2 amide bonds. The monoisotopic (exact) mass is 333 g/mol. The van der Waals surface area contributed by atoms with Crippen molar-refractivity contribution in [1.82, 2.24) is 4.90 Å². The smallest absolute Gasteiger partial charge is 0.377 e. The first-order valence-corrected chi connectivity index (χ1v) is 6.71. The van der Waals surface area contributed by atoms with Gasteiger partial charge in [0.2, 0.25) is 0 Å². The number of morpholine rings is 1. The number of hydrogen-bond donors (Lipinski definition) is 1. The molecule has 0 unspecified atom stereocenters. The third kappa shape index (κ3) is 3.89. The van der Waals surface area contributed by atoms with E-state index in [1.54, 1.807) is 6.92 Å². The molecule has 0 spiro atoms. The lowest BCUT2D eigenvalue weighted by Gasteiger charge is -2.33. The standard InChI is InChI=1S/C13H14F3N3O4/c1-8-7-23-5-4-18(8)12(20)17-9-2-3-11(19(21)22)10(6-9)13(14,15)16/h2-3,6,8H,4-5,7H2,1H3,(H,17,20)/t8-/m0/s1. The quantitative estimate of drug-likeness (QED) is 0.666. The second-order valence-corrected chi connectivity index (χ2v) is 5.03. The lowest BCUT2D eigenvalue weighted by Crippen LogP contribution is -2.48. The second kappa shape index (κ2) is 6.41. The number of nitro benzene ring substituents is 1. The van der Waals surface area contributed by atoms with Gasteiger partial charge in [-0.15, -0.1) is 0 Å². The Morgan fingerprint density at radius 2 is 2.17 bits per heavy atom. The number of ether oxygens (including phenoxy) is 1. The molecule has 0 saturated carbocycles. The molecule has 23 heavy (non-hydrogen) atoms. The molecule has 1 aromatic rings. The fourth-order valence-corrected chi connectivity index (χ4v) is 2.22. The van der Waals surface area contributed by atoms with Gasteiger partial charge in [0.25, 0.3) is 5.69 Å². The molecule has 1 atom stereocenters. The van der Waals surface area contributed by atoms with E-state index in [4.69, 9.17) is 4.74 Å². The van der Waals surface area contributed by atoms with Crippen LogP contribution in [0.3, 0.4) is 0 Å². The Balaban J connectivity index is 2.23. The van der Waals surface area contributed by atoms with Crippen molar-refractivity contribution in [1.29, 1.82) is 0 Å². The van der Waals surface area contributed by atoms with Gasteiger partial charge in [-0.05, 0) is 19.1 Å². The average molecular weight is 333 g/mol. The van der Waals surface area contributed by atoms with E-state index in [0.29, 0.717) is 25.8 Å². The van der Waals surface area contributed by atoms with Crippen molar-refractivity contribution in [3.05, 3.63) is 33.9 Å². The van der Waals surface area contributed by atoms with Crippen LogP contribution in [-0.2, 0) is 10.9 Å². The summed E-state index contributed by atoms with van der Waals surface area (Å²) in [4.78, 5) is 23.1. The number of halogens is 3. The van der Waals surface area contributed by atoms with E-state index in [1.165, 1.54) is 4.90 Å². The number of nitro groups is 1. The Hall–Kier alpha value is -2.36. The fourth-order valence-electron chi connectivity index (χ4n) is 2.22. The predicted molar refractivity (Wildman–Crippen MR) is 74.1 cm³/mol. The Labute approximate surface area is 129 Å². The first-order valence-electron chi connectivity index (χ1n) is 6.71. The predicted octanol–water partition coefficient (Wildman–Crippen LogP) is 2.87. The van der Waals surface area contributed by atoms with Gasteiger partial charge >= 0.3 is 12.2 Å². The van der Waals surface area contributed by atoms with Gasteiger partial charge in [-0.25, -0.2) is 4.79 Å². The third-order valence-electron chi connectivity index (χ3n) is 3.38. The summed E-state index contributed by atoms with van der Waals surface area (Å²) in [6.45, 7) is 2.73. The van der Waals surface area contributed by atoms with E-state index >= 15 is 0 Å². The maximum Gasteiger partial charge on any atom is 0.423 e. The van der Waals surface area contributed by atoms with Crippen molar-refractivity contribution in [2.24, 2.45) is 0 Å². The van der Waals surface area contributed by atoms with Crippen molar-refractivity contribution in [2.75, 3.05) is 25.1 Å². The summed E-state index contributed by atoms with van der Waals surface area (Å²) in [7, 11) is 0. The minimum atomic E-state index is -4.89. The molecule has 0 bridgehead atoms. The van der Waals surface area contributed by atoms with Crippen LogP contribution >= 0.6 is 0 Å². The van der Waals surface area contributed by atoms with Gasteiger partial charge in [0.1, 0.15) is 5.56 Å². The van der Waals surface area contributed by atoms with Crippen LogP contribution in [0.5, 0.6) is 0 Å². The number of carbonyl (C=O) groups is 1. The summed E-state index contributed by atoms with van der Waals surface area (Å²) >= 11 is 0. The minimum absolute atomic E-state index is 0.161. The van der Waals surface area contributed by atoms with Crippen LogP contribution in [0, 0.1) is 10.1 Å². The zero-order valence-electron chi connectivity index (χ0n) is 12.1. The molecule has 1 saturated heterocycles. The number of amides is 2. The molecular weight excluding hydrogens is 319 g/mol. The van der Waals surface area contributed by atoms with E-state index < -0.39 is 28.4 Å². The lowest BCUT2D eigenvalue weighted by molar-refractivity contribution is -0.388. The molecule has 2 rings (SSSR count). The number of urea groups is 1. The minimum Gasteiger partial charge on any atom is -0.377 e. The maximum atomic E-state index is 12.9. The third-order valence-corrected chi connectivity index (χ3v) is 3.38. The summed E-state index contributed by atoms with van der Waals surface area (Å²) in [5.41, 5.74) is -2.63. The van der Waals surface area contributed by atoms with Crippen molar-refractivity contribution in [3.8, 4) is 0 Å². The number of nitrogens with zero attached hydrogens (tertiary/aromatic N) is 2. The summed E-state index contributed by atoms with van der Waals surface area (Å²) in [5.74, 6) is 0. The van der Waals surface area contributed by atoms with Gasteiger partial charge in [0, 0.05) is 18.3 Å². The molecule has 10 heteroatoms. The highest BCUT2D eigenvalue weighted by molar-refractivity contribution is 5.90. The van der Waals surface area contributed by atoms with Crippen LogP contribution < -0.4 is 5.32 Å². The molecule has 0 aliphatic carbocycles. The Kier molecular flexibility index (Phi) is 4.73. The average Bonchev–Trinajstić information content (AvgIpc) is 2.46. The Bertz CT molecular complexity index is 621. The van der Waals surface area contributed by atoms with Crippen LogP contribution in [0.4, 0.5) is 29.3 Å². The van der Waals surface area contributed by atoms with Crippen LogP contribution in [-0.4, -0.2) is 41.7 Å². The molecule has 1 fully saturated rings. The van der Waals surface area contributed by atoms with Crippen LogP contribution in [0.15, 0.2) is 18.2 Å². The first-order chi connectivity index (χ1) is 10.7. The zero-order chi connectivity index (χ0) is 17.2. The Morgan fingerprint density at radius 1 is 1.48 bits per heavy atom. The van der Waals surface area contributed by atoms with Gasteiger partial charge in [-0.3, -0.25) is 10.1 Å². The number of nitrogens with one attached hydrogen (secondary N) is 1. The van der Waals surface area contributed by atoms with Gasteiger partial charge in [0.05, 0.1) is 24.2 Å². The van der Waals surface area contributed by atoms with E-state index in [9.17, 15) is 28.1 Å². The molecule has 1 aliphatic heterocycles. The van der Waals surface area contributed by atoms with Gasteiger partial charge < -0.3 is 15.0 Å². The lowest BCUT2D eigenvalue weighted by atomic mass is 10.1. The first kappa shape index (κ1) is 17.0. The summed E-state index contributed by atoms with van der Waals surface area (Å²) < 4.78 is 43.9. The van der Waals surface area contributed by atoms with Crippen molar-refractivity contribution >= 4 is 17.4 Å². The molecule has 1 N–H and O–H groups in total. The zero-order valence-corrected chi connectivity index (χ0v) is 12.1. The van der Waals surface area contributed by atoms with E-state index in [1.807, 2.05) is 0 Å². The second-order valence-electron chi connectivity index (χ2n) is 5.03. The van der Waals surface area contributed by atoms with E-state index in [2.05, 4.69) is 5.32 Å². The normalized spacial score (nSPS) is 18.6. The van der Waals surface area contributed by atoms with Crippen LogP contribution in [0.1, 0.15) is 12.5 Å². The molecule has 0 radical (unpaired) electrons. The highest BCUT2D eigenvalue weighted by Gasteiger charge is 2.38. The van der Waals surface area contributed by atoms with Crippen LogP contribution in [0.2, 0.25) is 0 Å². The van der Waals surface area contributed by atoms with Gasteiger partial charge in [0.15, 0.2) is 0 Å². The van der Waals surface area contributed by atoms with Gasteiger partial charge in [-0.2, -0.15) is 13.2 Å². The Morgan fingerprint density at radius 3 is 2.74 bits per heavy atom. The van der Waals surface area contributed by atoms with Crippen molar-refractivity contribution < 1.29 is 27.6 Å². The summed E-state index contributed by atoms with van der Waals surface area (Å²) in [5, 5.41) is 13.0. The highest BCUT2D eigenvalue weighted by Crippen LogP contribution is 2.37. The number of carbonyl (C=O) groups excluding carboxylic acids is 1. The largest absolute Gasteiger partial charge is 0.423 e. The molecule has 0 aromatic heterocycles. The van der Waals surface area contributed by atoms with E-state index in [-0.39, 0.29) is 11.7 Å². The molecule has 126 valence electrons. The molecule has 1 aliphatic rings. The molecular formula is C13H14F3N3O4. The fraction of sp³-hybridized carbons (Fsp3) is 0.462. The summed E-state index contributed by atoms with van der Waals surface area (Å²) in [6, 6.07) is 1.55. The topological polar surface area (TPSA) is 84.7 Å². The maximum absolute atomic E-state index is 12.9. The molecule has 1 heterocycles. The van der Waals surface area contributed by atoms with Crippen LogP contribution in [0.25, 0.3) is 0 Å². The van der Waals surface area contributed by atoms with Gasteiger partial charge in [-0.1, -0.05) is 0 Å². The summed E-state index contributed by atoms with van der Waals surface area (Å²) in [6.07, 6.45) is -4.89. The number of alkyl halides is 3. The number of benzene rings is 1. The number of hydrogen-bond acceptors (Lipinski definition) is 4. The van der Waals surface area contributed by atoms with Crippen molar-refractivity contribution in [2.45, 2.75) is 19.1 Å². The SMILES string of the molecule is C[C@H]1COCCN1C(=O)Nc1ccc([N+](=O)[O-])c(C(F)(F)F)c1. The van der Waals surface area contributed by atoms with E-state index in [0.717, 1.165) is 12.1 Å². The van der Waals surface area contributed by atoms with Crippen molar-refractivity contribution in [3.63, 3.8) is 0 Å². The number of rotatable bonds is 2. The molecule has 7 nitrogen and oxygen atoms in total. The number of anilines is 1. The highest BCUT2D eigenvalue weighted by atomic mass is 19.4.